The van der Waals surface area contributed by atoms with E-state index < -0.39 is 10.0 Å². The minimum atomic E-state index is -3.51. The van der Waals surface area contributed by atoms with Gasteiger partial charge < -0.3 is 20.1 Å². The van der Waals surface area contributed by atoms with E-state index >= 15 is 0 Å². The first-order valence-corrected chi connectivity index (χ1v) is 13.6. The second-order valence-corrected chi connectivity index (χ2v) is 10.8. The highest BCUT2D eigenvalue weighted by molar-refractivity contribution is 7.89. The van der Waals surface area contributed by atoms with Crippen LogP contribution in [0.4, 0.5) is 10.8 Å². The van der Waals surface area contributed by atoms with Crippen LogP contribution in [0.1, 0.15) is 19.3 Å². The van der Waals surface area contributed by atoms with Crippen LogP contribution in [-0.4, -0.2) is 57.5 Å². The van der Waals surface area contributed by atoms with Crippen molar-refractivity contribution >= 4 is 38.1 Å². The molecule has 0 saturated carbocycles. The van der Waals surface area contributed by atoms with E-state index in [4.69, 9.17) is 9.47 Å². The molecule has 2 aromatic carbocycles. The van der Waals surface area contributed by atoms with E-state index in [-0.39, 0.29) is 17.4 Å². The summed E-state index contributed by atoms with van der Waals surface area (Å²) in [6, 6.07) is 11.6. The Hall–Kier alpha value is -3.15. The molecule has 0 spiro atoms. The first-order chi connectivity index (χ1) is 16.9. The minimum absolute atomic E-state index is 0.223. The van der Waals surface area contributed by atoms with Gasteiger partial charge in [0.1, 0.15) is 11.5 Å². The molecule has 1 aliphatic heterocycles. The number of hydrogen-bond acceptors (Lipinski definition) is 8. The molecule has 4 rings (SSSR count). The van der Waals surface area contributed by atoms with E-state index in [0.29, 0.717) is 30.3 Å². The molecule has 1 amide bonds. The summed E-state index contributed by atoms with van der Waals surface area (Å²) in [4.78, 5) is 17.3. The average molecular weight is 517 g/mol. The number of carbonyl (C=O) groups excluding carboxylic acids is 1. The predicted octanol–water partition coefficient (Wildman–Crippen LogP) is 4.05. The van der Waals surface area contributed by atoms with Crippen LogP contribution in [0.3, 0.4) is 0 Å². The lowest BCUT2D eigenvalue weighted by atomic mass is 10.1. The topological polar surface area (TPSA) is 110 Å². The first kappa shape index (κ1) is 25.0. The van der Waals surface area contributed by atoms with Gasteiger partial charge in [-0.25, -0.2) is 13.4 Å². The van der Waals surface area contributed by atoms with E-state index in [9.17, 15) is 13.2 Å². The van der Waals surface area contributed by atoms with E-state index in [1.807, 2.05) is 18.5 Å². The molecule has 2 N–H and O–H groups in total. The maximum absolute atomic E-state index is 12.8. The highest BCUT2D eigenvalue weighted by Crippen LogP contribution is 2.32. The molecule has 1 saturated heterocycles. The molecule has 1 aliphatic rings. The van der Waals surface area contributed by atoms with Crippen LogP contribution in [0.2, 0.25) is 0 Å². The summed E-state index contributed by atoms with van der Waals surface area (Å²) in [5.74, 6) is 0.540. The molecule has 35 heavy (non-hydrogen) atoms. The Kier molecular flexibility index (Phi) is 7.89. The van der Waals surface area contributed by atoms with E-state index in [2.05, 4.69) is 15.6 Å². The molecular weight excluding hydrogens is 488 g/mol. The van der Waals surface area contributed by atoms with Gasteiger partial charge in [-0.2, -0.15) is 4.31 Å². The maximum atomic E-state index is 12.8. The van der Waals surface area contributed by atoms with Crippen molar-refractivity contribution in [2.75, 3.05) is 44.5 Å². The third-order valence-electron chi connectivity index (χ3n) is 5.63. The first-order valence-electron chi connectivity index (χ1n) is 11.3. The SMILES string of the molecule is CNc1nc(-c2ccc(OC)c(NC(=O)COc3ccc(S(=O)(=O)N4CCCCC4)cc3)c2)cs1. The molecule has 1 aromatic heterocycles. The van der Waals surface area contributed by atoms with Gasteiger partial charge in [0.15, 0.2) is 11.7 Å². The number of sulfonamides is 1. The standard InChI is InChI=1S/C24H28N4O5S2/c1-25-24-27-21(16-34-24)17-6-11-22(32-2)20(14-17)26-23(29)15-33-18-7-9-19(10-8-18)35(30,31)28-12-4-3-5-13-28/h6-11,14,16H,3-5,12-13,15H2,1-2H3,(H,25,27)(H,26,29). The zero-order chi connectivity index (χ0) is 24.8. The molecular formula is C24H28N4O5S2. The number of hydrogen-bond donors (Lipinski definition) is 2. The van der Waals surface area contributed by atoms with Gasteiger partial charge in [-0.15, -0.1) is 11.3 Å². The van der Waals surface area contributed by atoms with Gasteiger partial charge >= 0.3 is 0 Å². The molecule has 1 fully saturated rings. The number of carbonyl (C=O) groups is 1. The molecule has 0 radical (unpaired) electrons. The van der Waals surface area contributed by atoms with Crippen molar-refractivity contribution in [2.45, 2.75) is 24.2 Å². The second-order valence-electron chi connectivity index (χ2n) is 7.98. The largest absolute Gasteiger partial charge is 0.495 e. The number of anilines is 2. The smallest absolute Gasteiger partial charge is 0.262 e. The van der Waals surface area contributed by atoms with Crippen LogP contribution in [0.15, 0.2) is 52.7 Å². The van der Waals surface area contributed by atoms with Gasteiger partial charge in [0.2, 0.25) is 10.0 Å². The zero-order valence-electron chi connectivity index (χ0n) is 19.6. The Labute approximate surface area is 209 Å². The minimum Gasteiger partial charge on any atom is -0.495 e. The molecule has 0 unspecified atom stereocenters. The highest BCUT2D eigenvalue weighted by atomic mass is 32.2. The molecule has 3 aromatic rings. The van der Waals surface area contributed by atoms with Crippen molar-refractivity contribution in [2.24, 2.45) is 0 Å². The average Bonchev–Trinajstić information content (AvgIpc) is 3.38. The van der Waals surface area contributed by atoms with Crippen molar-refractivity contribution in [3.8, 4) is 22.8 Å². The van der Waals surface area contributed by atoms with Crippen LogP contribution in [0.5, 0.6) is 11.5 Å². The summed E-state index contributed by atoms with van der Waals surface area (Å²) < 4.78 is 38.0. The summed E-state index contributed by atoms with van der Waals surface area (Å²) in [6.07, 6.45) is 2.81. The second kappa shape index (κ2) is 11.1. The van der Waals surface area contributed by atoms with Gasteiger partial charge in [0.25, 0.3) is 5.91 Å². The Morgan fingerprint density at radius 1 is 1.11 bits per heavy atom. The zero-order valence-corrected chi connectivity index (χ0v) is 21.2. The number of thiazole rings is 1. The molecule has 2 heterocycles. The fourth-order valence-electron chi connectivity index (χ4n) is 3.78. The Morgan fingerprint density at radius 3 is 2.51 bits per heavy atom. The summed E-state index contributed by atoms with van der Waals surface area (Å²) in [7, 11) is -0.170. The van der Waals surface area contributed by atoms with Crippen molar-refractivity contribution in [3.05, 3.63) is 47.8 Å². The third kappa shape index (κ3) is 5.92. The quantitative estimate of drug-likeness (QED) is 0.441. The number of methoxy groups -OCH3 is 1. The van der Waals surface area contributed by atoms with Crippen LogP contribution in [0.25, 0.3) is 11.3 Å². The molecule has 0 bridgehead atoms. The lowest BCUT2D eigenvalue weighted by Gasteiger charge is -2.25. The number of amides is 1. The third-order valence-corrected chi connectivity index (χ3v) is 8.41. The number of benzene rings is 2. The fourth-order valence-corrected chi connectivity index (χ4v) is 5.98. The summed E-state index contributed by atoms with van der Waals surface area (Å²) >= 11 is 1.49. The molecule has 9 nitrogen and oxygen atoms in total. The van der Waals surface area contributed by atoms with E-state index in [1.165, 1.54) is 34.9 Å². The molecule has 11 heteroatoms. The summed E-state index contributed by atoms with van der Waals surface area (Å²) in [6.45, 7) is 0.849. The van der Waals surface area contributed by atoms with Crippen molar-refractivity contribution in [1.29, 1.82) is 0 Å². The Morgan fingerprint density at radius 2 is 1.86 bits per heavy atom. The number of aromatic nitrogens is 1. The van der Waals surface area contributed by atoms with Crippen LogP contribution >= 0.6 is 11.3 Å². The number of ether oxygens (including phenoxy) is 2. The molecule has 0 atom stereocenters. The number of piperidine rings is 1. The van der Waals surface area contributed by atoms with Gasteiger partial charge in [0, 0.05) is 31.1 Å². The number of nitrogens with zero attached hydrogens (tertiary/aromatic N) is 2. The Bertz CT molecular complexity index is 1270. The number of nitrogens with one attached hydrogen (secondary N) is 2. The molecule has 186 valence electrons. The number of rotatable bonds is 9. The van der Waals surface area contributed by atoms with E-state index in [0.717, 1.165) is 35.7 Å². The van der Waals surface area contributed by atoms with Gasteiger partial charge in [0.05, 0.1) is 23.4 Å². The van der Waals surface area contributed by atoms with Crippen LogP contribution in [0, 0.1) is 0 Å². The van der Waals surface area contributed by atoms with Gasteiger partial charge in [-0.05, 0) is 55.3 Å². The fraction of sp³-hybridized carbons (Fsp3) is 0.333. The van der Waals surface area contributed by atoms with Crippen LogP contribution < -0.4 is 20.1 Å². The lowest BCUT2D eigenvalue weighted by Crippen LogP contribution is -2.35. The van der Waals surface area contributed by atoms with E-state index in [1.54, 1.807) is 24.3 Å². The van der Waals surface area contributed by atoms with Crippen molar-refractivity contribution in [3.63, 3.8) is 0 Å². The van der Waals surface area contributed by atoms with Crippen LogP contribution in [-0.2, 0) is 14.8 Å². The highest BCUT2D eigenvalue weighted by Gasteiger charge is 2.25. The van der Waals surface area contributed by atoms with Gasteiger partial charge in [-0.1, -0.05) is 6.42 Å². The Balaban J connectivity index is 1.38. The maximum Gasteiger partial charge on any atom is 0.262 e. The summed E-state index contributed by atoms with van der Waals surface area (Å²) in [5.41, 5.74) is 2.12. The summed E-state index contributed by atoms with van der Waals surface area (Å²) in [5, 5.41) is 8.54. The van der Waals surface area contributed by atoms with Gasteiger partial charge in [-0.3, -0.25) is 4.79 Å². The monoisotopic (exact) mass is 516 g/mol. The predicted molar refractivity (Wildman–Crippen MR) is 137 cm³/mol. The molecule has 0 aliphatic carbocycles. The van der Waals surface area contributed by atoms with Crippen molar-refractivity contribution in [1.82, 2.24) is 9.29 Å². The normalized spacial score (nSPS) is 14.3. The van der Waals surface area contributed by atoms with Crippen molar-refractivity contribution < 1.29 is 22.7 Å². The lowest BCUT2D eigenvalue weighted by molar-refractivity contribution is -0.118.